The van der Waals surface area contributed by atoms with Crippen LogP contribution < -0.4 is 10.1 Å². The predicted octanol–water partition coefficient (Wildman–Crippen LogP) is 5.66. The van der Waals surface area contributed by atoms with Crippen molar-refractivity contribution < 1.29 is 9.53 Å². The summed E-state index contributed by atoms with van der Waals surface area (Å²) in [5.41, 5.74) is 6.47. The molecule has 2 N–H and O–H groups in total. The van der Waals surface area contributed by atoms with Crippen LogP contribution in [0.5, 0.6) is 5.75 Å². The monoisotopic (exact) mass is 411 g/mol. The molecule has 0 bridgehead atoms. The summed E-state index contributed by atoms with van der Waals surface area (Å²) >= 11 is 0. The Labute approximate surface area is 181 Å². The molecule has 0 saturated heterocycles. The van der Waals surface area contributed by atoms with E-state index < -0.39 is 0 Å². The minimum absolute atomic E-state index is 0.0985. The number of methoxy groups -OCH3 is 1. The molecule has 2 heterocycles. The third-order valence-electron chi connectivity index (χ3n) is 6.01. The minimum Gasteiger partial charge on any atom is -0.497 e. The Kier molecular flexibility index (Phi) is 4.86. The Balaban J connectivity index is 1.59. The van der Waals surface area contributed by atoms with Crippen molar-refractivity contribution in [3.05, 3.63) is 95.2 Å². The second kappa shape index (κ2) is 7.84. The van der Waals surface area contributed by atoms with Crippen LogP contribution in [0.25, 0.3) is 10.9 Å². The summed E-state index contributed by atoms with van der Waals surface area (Å²) in [6.07, 6.45) is 0.785. The van der Waals surface area contributed by atoms with Gasteiger partial charge < -0.3 is 19.9 Å². The average molecular weight is 412 g/mol. The van der Waals surface area contributed by atoms with Crippen LogP contribution in [0.2, 0.25) is 0 Å². The molecule has 5 heteroatoms. The number of benzene rings is 3. The lowest BCUT2D eigenvalue weighted by Crippen LogP contribution is -2.43. The lowest BCUT2D eigenvalue weighted by Gasteiger charge is -2.36. The molecule has 5 rings (SSSR count). The van der Waals surface area contributed by atoms with Crippen molar-refractivity contribution in [3.63, 3.8) is 0 Å². The third kappa shape index (κ3) is 3.52. The molecule has 0 aliphatic carbocycles. The summed E-state index contributed by atoms with van der Waals surface area (Å²) in [4.78, 5) is 18.8. The fourth-order valence-corrected chi connectivity index (χ4v) is 4.43. The van der Waals surface area contributed by atoms with Crippen LogP contribution in [0.3, 0.4) is 0 Å². The van der Waals surface area contributed by atoms with Crippen molar-refractivity contribution in [2.24, 2.45) is 0 Å². The lowest BCUT2D eigenvalue weighted by molar-refractivity contribution is 0.193. The second-order valence-electron chi connectivity index (χ2n) is 7.98. The van der Waals surface area contributed by atoms with E-state index in [1.807, 2.05) is 47.4 Å². The van der Waals surface area contributed by atoms with E-state index in [2.05, 4.69) is 47.6 Å². The molecule has 1 aromatic heterocycles. The van der Waals surface area contributed by atoms with Gasteiger partial charge in [0.2, 0.25) is 0 Å². The zero-order chi connectivity index (χ0) is 21.4. The number of ether oxygens (including phenoxy) is 1. The topological polar surface area (TPSA) is 57.4 Å². The van der Waals surface area contributed by atoms with Gasteiger partial charge in [0.05, 0.1) is 13.2 Å². The molecule has 1 aliphatic heterocycles. The van der Waals surface area contributed by atoms with Gasteiger partial charge in [-0.2, -0.15) is 0 Å². The fourth-order valence-electron chi connectivity index (χ4n) is 4.43. The number of hydrogen-bond acceptors (Lipinski definition) is 2. The molecule has 1 unspecified atom stereocenters. The van der Waals surface area contributed by atoms with Gasteiger partial charge in [-0.15, -0.1) is 0 Å². The quantitative estimate of drug-likeness (QED) is 0.457. The van der Waals surface area contributed by atoms with Crippen LogP contribution in [-0.4, -0.2) is 29.6 Å². The molecule has 1 atom stereocenters. The number of H-pyrrole nitrogens is 1. The number of para-hydroxylation sites is 1. The van der Waals surface area contributed by atoms with Crippen LogP contribution >= 0.6 is 0 Å². The van der Waals surface area contributed by atoms with E-state index >= 15 is 0 Å². The van der Waals surface area contributed by atoms with Gasteiger partial charge in [-0.05, 0) is 54.8 Å². The molecule has 4 aromatic rings. The Bertz CT molecular complexity index is 1230. The number of carbonyl (C=O) groups is 1. The molecule has 0 fully saturated rings. The summed E-state index contributed by atoms with van der Waals surface area (Å²) in [6.45, 7) is 2.71. The molecule has 156 valence electrons. The Morgan fingerprint density at radius 1 is 1.06 bits per heavy atom. The number of rotatable bonds is 3. The van der Waals surface area contributed by atoms with Gasteiger partial charge in [0.25, 0.3) is 0 Å². The van der Waals surface area contributed by atoms with E-state index in [9.17, 15) is 4.79 Å². The largest absolute Gasteiger partial charge is 0.497 e. The number of aromatic nitrogens is 1. The highest BCUT2D eigenvalue weighted by Gasteiger charge is 2.34. The maximum absolute atomic E-state index is 13.3. The van der Waals surface area contributed by atoms with Crippen LogP contribution in [0.1, 0.15) is 28.4 Å². The summed E-state index contributed by atoms with van der Waals surface area (Å²) < 4.78 is 5.44. The highest BCUT2D eigenvalue weighted by atomic mass is 16.5. The number of amides is 2. The van der Waals surface area contributed by atoms with Gasteiger partial charge in [-0.1, -0.05) is 48.0 Å². The Morgan fingerprint density at radius 3 is 2.58 bits per heavy atom. The normalized spacial score (nSPS) is 15.5. The third-order valence-corrected chi connectivity index (χ3v) is 6.01. The molecule has 2 amide bonds. The van der Waals surface area contributed by atoms with Crippen molar-refractivity contribution in [1.82, 2.24) is 9.88 Å². The maximum atomic E-state index is 13.3. The lowest BCUT2D eigenvalue weighted by atomic mass is 9.92. The number of fused-ring (bicyclic) bond motifs is 3. The van der Waals surface area contributed by atoms with Crippen LogP contribution in [-0.2, 0) is 6.42 Å². The highest BCUT2D eigenvalue weighted by molar-refractivity contribution is 5.91. The fraction of sp³-hybridized carbons (Fsp3) is 0.192. The molecule has 31 heavy (non-hydrogen) atoms. The first-order valence-corrected chi connectivity index (χ1v) is 10.5. The number of nitrogens with zero attached hydrogens (tertiary/aromatic N) is 1. The van der Waals surface area contributed by atoms with Crippen molar-refractivity contribution in [2.75, 3.05) is 19.0 Å². The molecular weight excluding hydrogens is 386 g/mol. The molecule has 0 saturated carbocycles. The van der Waals surface area contributed by atoms with Crippen LogP contribution in [0.15, 0.2) is 72.8 Å². The zero-order valence-corrected chi connectivity index (χ0v) is 17.7. The average Bonchev–Trinajstić information content (AvgIpc) is 3.17. The van der Waals surface area contributed by atoms with Crippen LogP contribution in [0.4, 0.5) is 10.5 Å². The number of aryl methyl sites for hydroxylation is 1. The van der Waals surface area contributed by atoms with E-state index in [1.54, 1.807) is 7.11 Å². The van der Waals surface area contributed by atoms with Crippen molar-refractivity contribution in [3.8, 4) is 5.75 Å². The molecule has 0 spiro atoms. The van der Waals surface area contributed by atoms with Gasteiger partial charge in [-0.3, -0.25) is 0 Å². The first-order valence-electron chi connectivity index (χ1n) is 10.5. The molecule has 5 nitrogen and oxygen atoms in total. The summed E-state index contributed by atoms with van der Waals surface area (Å²) in [5, 5.41) is 4.22. The number of urea groups is 1. The van der Waals surface area contributed by atoms with Gasteiger partial charge in [0, 0.05) is 28.8 Å². The molecule has 0 radical (unpaired) electrons. The van der Waals surface area contributed by atoms with Gasteiger partial charge in [0.1, 0.15) is 5.75 Å². The van der Waals surface area contributed by atoms with Gasteiger partial charge in [-0.25, -0.2) is 4.79 Å². The van der Waals surface area contributed by atoms with E-state index in [4.69, 9.17) is 4.74 Å². The Hall–Kier alpha value is -3.73. The summed E-state index contributed by atoms with van der Waals surface area (Å²) in [7, 11) is 1.69. The number of aromatic amines is 1. The van der Waals surface area contributed by atoms with Crippen molar-refractivity contribution in [2.45, 2.75) is 19.4 Å². The first-order chi connectivity index (χ1) is 15.1. The first kappa shape index (κ1) is 19.2. The minimum atomic E-state index is -0.188. The number of carbonyl (C=O) groups excluding carboxylic acids is 1. The number of nitrogens with one attached hydrogen (secondary N) is 2. The molecular formula is C26H25N3O2. The standard InChI is InChI=1S/C26H25N3O2/c1-17-8-10-18(11-9-17)25-24-21(22-16-20(31-2)12-13-23(22)28-24)14-15-29(25)26(30)27-19-6-4-3-5-7-19/h3-13,16,25,28H,14-15H2,1-2H3,(H,27,30). The zero-order valence-electron chi connectivity index (χ0n) is 17.7. The van der Waals surface area contributed by atoms with Crippen molar-refractivity contribution >= 4 is 22.6 Å². The van der Waals surface area contributed by atoms with E-state index in [0.29, 0.717) is 6.54 Å². The van der Waals surface area contributed by atoms with Gasteiger partial charge in [0.15, 0.2) is 0 Å². The van der Waals surface area contributed by atoms with Crippen LogP contribution in [0, 0.1) is 6.92 Å². The number of anilines is 1. The SMILES string of the molecule is COc1ccc2[nH]c3c(c2c1)CCN(C(=O)Nc1ccccc1)C3c1ccc(C)cc1. The maximum Gasteiger partial charge on any atom is 0.322 e. The predicted molar refractivity (Wildman–Crippen MR) is 124 cm³/mol. The highest BCUT2D eigenvalue weighted by Crippen LogP contribution is 2.39. The van der Waals surface area contributed by atoms with E-state index in [-0.39, 0.29) is 12.1 Å². The second-order valence-corrected chi connectivity index (χ2v) is 7.98. The van der Waals surface area contributed by atoms with Gasteiger partial charge >= 0.3 is 6.03 Å². The summed E-state index contributed by atoms with van der Waals surface area (Å²) in [6, 6.07) is 23.8. The molecule has 3 aromatic carbocycles. The summed E-state index contributed by atoms with van der Waals surface area (Å²) in [5.74, 6) is 0.838. The van der Waals surface area contributed by atoms with E-state index in [0.717, 1.165) is 40.0 Å². The molecule has 1 aliphatic rings. The van der Waals surface area contributed by atoms with E-state index in [1.165, 1.54) is 11.1 Å². The number of hydrogen-bond donors (Lipinski definition) is 2. The smallest absolute Gasteiger partial charge is 0.322 e. The van der Waals surface area contributed by atoms with Crippen molar-refractivity contribution in [1.29, 1.82) is 0 Å². The Morgan fingerprint density at radius 2 is 1.84 bits per heavy atom.